The zero-order chi connectivity index (χ0) is 17.0. The van der Waals surface area contributed by atoms with Crippen molar-refractivity contribution in [2.75, 3.05) is 7.11 Å². The summed E-state index contributed by atoms with van der Waals surface area (Å²) in [5, 5.41) is 2.35. The molecule has 1 atom stereocenters. The molecule has 0 saturated heterocycles. The van der Waals surface area contributed by atoms with E-state index in [-0.39, 0.29) is 16.3 Å². The minimum Gasteiger partial charge on any atom is -0.467 e. The molecule has 1 heterocycles. The third-order valence-corrected chi connectivity index (χ3v) is 3.38. The summed E-state index contributed by atoms with van der Waals surface area (Å²) in [5.74, 6) is -1.71. The average Bonchev–Trinajstić information content (AvgIpc) is 3.03. The Morgan fingerprint density at radius 2 is 2.22 bits per heavy atom. The number of nitrogens with zero attached hydrogens (tertiary/aromatic N) is 1. The standard InChI is InChI=1S/C15H14ClFN2O4/c1-3-12-18-11(7-23-12)14(20)19-13(15(21)22-2)8-4-5-9(16)10(17)6-8/h4-7,13H,3H2,1-2H3,(H,19,20). The molecular weight excluding hydrogens is 327 g/mol. The van der Waals surface area contributed by atoms with Crippen molar-refractivity contribution in [3.05, 3.63) is 52.5 Å². The van der Waals surface area contributed by atoms with Crippen LogP contribution in [0.1, 0.15) is 34.9 Å². The minimum absolute atomic E-state index is 0.0187. The molecule has 0 aliphatic carbocycles. The van der Waals surface area contributed by atoms with Crippen LogP contribution in [-0.4, -0.2) is 24.0 Å². The summed E-state index contributed by atoms with van der Waals surface area (Å²) in [6.45, 7) is 1.82. The van der Waals surface area contributed by atoms with Crippen LogP contribution in [0.4, 0.5) is 4.39 Å². The number of oxazole rings is 1. The number of carbonyl (C=O) groups is 2. The summed E-state index contributed by atoms with van der Waals surface area (Å²) < 4.78 is 23.3. The average molecular weight is 341 g/mol. The summed E-state index contributed by atoms with van der Waals surface area (Å²) in [4.78, 5) is 28.0. The number of hydrogen-bond donors (Lipinski definition) is 1. The second-order valence-corrected chi connectivity index (χ2v) is 4.99. The molecule has 2 aromatic rings. The lowest BCUT2D eigenvalue weighted by Crippen LogP contribution is -2.34. The predicted molar refractivity (Wildman–Crippen MR) is 79.5 cm³/mol. The van der Waals surface area contributed by atoms with Gasteiger partial charge in [-0.05, 0) is 17.7 Å². The van der Waals surface area contributed by atoms with Crippen LogP contribution in [-0.2, 0) is 16.0 Å². The molecule has 122 valence electrons. The summed E-state index contributed by atoms with van der Waals surface area (Å²) in [7, 11) is 1.17. The van der Waals surface area contributed by atoms with Gasteiger partial charge in [0.15, 0.2) is 17.6 Å². The Hall–Kier alpha value is -2.41. The second kappa shape index (κ2) is 7.23. The Kier molecular flexibility index (Phi) is 5.33. The highest BCUT2D eigenvalue weighted by Gasteiger charge is 2.26. The number of amides is 1. The first kappa shape index (κ1) is 17.0. The van der Waals surface area contributed by atoms with Crippen LogP contribution < -0.4 is 5.32 Å². The maximum Gasteiger partial charge on any atom is 0.333 e. The van der Waals surface area contributed by atoms with Crippen LogP contribution in [0.5, 0.6) is 0 Å². The predicted octanol–water partition coefficient (Wildman–Crippen LogP) is 2.67. The first-order chi connectivity index (χ1) is 11.0. The fraction of sp³-hybridized carbons (Fsp3) is 0.267. The van der Waals surface area contributed by atoms with E-state index in [9.17, 15) is 14.0 Å². The molecular formula is C15H14ClFN2O4. The van der Waals surface area contributed by atoms with Crippen molar-refractivity contribution in [2.24, 2.45) is 0 Å². The summed E-state index contributed by atoms with van der Waals surface area (Å²) in [6, 6.07) is 2.58. The van der Waals surface area contributed by atoms with Gasteiger partial charge in [-0.15, -0.1) is 0 Å². The maximum atomic E-state index is 13.6. The Balaban J connectivity index is 2.26. The lowest BCUT2D eigenvalue weighted by atomic mass is 10.1. The Bertz CT molecular complexity index is 732. The topological polar surface area (TPSA) is 81.4 Å². The van der Waals surface area contributed by atoms with Crippen molar-refractivity contribution in [3.8, 4) is 0 Å². The van der Waals surface area contributed by atoms with E-state index < -0.39 is 23.7 Å². The zero-order valence-corrected chi connectivity index (χ0v) is 13.2. The van der Waals surface area contributed by atoms with Crippen LogP contribution >= 0.6 is 11.6 Å². The number of carbonyl (C=O) groups excluding carboxylic acids is 2. The van der Waals surface area contributed by atoms with Crippen LogP contribution in [0.15, 0.2) is 28.9 Å². The number of hydrogen-bond acceptors (Lipinski definition) is 5. The highest BCUT2D eigenvalue weighted by molar-refractivity contribution is 6.30. The van der Waals surface area contributed by atoms with Gasteiger partial charge in [-0.3, -0.25) is 4.79 Å². The van der Waals surface area contributed by atoms with Gasteiger partial charge >= 0.3 is 5.97 Å². The van der Waals surface area contributed by atoms with Crippen molar-refractivity contribution in [2.45, 2.75) is 19.4 Å². The second-order valence-electron chi connectivity index (χ2n) is 4.58. The van der Waals surface area contributed by atoms with Crippen molar-refractivity contribution in [1.29, 1.82) is 0 Å². The van der Waals surface area contributed by atoms with Crippen molar-refractivity contribution in [1.82, 2.24) is 10.3 Å². The van der Waals surface area contributed by atoms with Crippen molar-refractivity contribution < 1.29 is 23.1 Å². The first-order valence-corrected chi connectivity index (χ1v) is 7.12. The molecule has 0 saturated carbocycles. The number of ether oxygens (including phenoxy) is 1. The number of benzene rings is 1. The number of aromatic nitrogens is 1. The Morgan fingerprint density at radius 1 is 1.48 bits per heavy atom. The van der Waals surface area contributed by atoms with Crippen LogP contribution in [0.3, 0.4) is 0 Å². The third kappa shape index (κ3) is 3.87. The molecule has 0 aliphatic rings. The first-order valence-electron chi connectivity index (χ1n) is 6.74. The quantitative estimate of drug-likeness (QED) is 0.846. The summed E-state index contributed by atoms with van der Waals surface area (Å²) in [5.41, 5.74) is 0.219. The van der Waals surface area contributed by atoms with Gasteiger partial charge in [0.05, 0.1) is 12.1 Å². The lowest BCUT2D eigenvalue weighted by Gasteiger charge is -2.16. The van der Waals surface area contributed by atoms with E-state index in [1.165, 1.54) is 25.5 Å². The number of rotatable bonds is 5. The van der Waals surface area contributed by atoms with Crippen LogP contribution in [0.25, 0.3) is 0 Å². The molecule has 1 aromatic heterocycles. The van der Waals surface area contributed by atoms with Crippen molar-refractivity contribution in [3.63, 3.8) is 0 Å². The third-order valence-electron chi connectivity index (χ3n) is 3.08. The van der Waals surface area contributed by atoms with E-state index in [0.717, 1.165) is 6.07 Å². The number of nitrogens with one attached hydrogen (secondary N) is 1. The highest BCUT2D eigenvalue weighted by atomic mass is 35.5. The van der Waals surface area contributed by atoms with Gasteiger partial charge in [0.1, 0.15) is 12.1 Å². The molecule has 8 heteroatoms. The van der Waals surface area contributed by atoms with Crippen LogP contribution in [0.2, 0.25) is 5.02 Å². The van der Waals surface area contributed by atoms with E-state index in [2.05, 4.69) is 15.0 Å². The largest absolute Gasteiger partial charge is 0.467 e. The molecule has 23 heavy (non-hydrogen) atoms. The maximum absolute atomic E-state index is 13.6. The van der Waals surface area contributed by atoms with Gasteiger partial charge in [-0.2, -0.15) is 0 Å². The number of halogens is 2. The van der Waals surface area contributed by atoms with Gasteiger partial charge in [0.2, 0.25) is 0 Å². The molecule has 0 bridgehead atoms. The van der Waals surface area contributed by atoms with Gasteiger partial charge in [-0.1, -0.05) is 24.6 Å². The zero-order valence-electron chi connectivity index (χ0n) is 12.4. The fourth-order valence-electron chi connectivity index (χ4n) is 1.87. The normalized spacial score (nSPS) is 11.8. The summed E-state index contributed by atoms with van der Waals surface area (Å²) in [6.07, 6.45) is 1.71. The molecule has 1 unspecified atom stereocenters. The lowest BCUT2D eigenvalue weighted by molar-refractivity contribution is -0.143. The fourth-order valence-corrected chi connectivity index (χ4v) is 1.99. The van der Waals surface area contributed by atoms with Gasteiger partial charge in [-0.25, -0.2) is 14.2 Å². The number of esters is 1. The molecule has 0 aliphatic heterocycles. The van der Waals surface area contributed by atoms with E-state index in [1.807, 2.05) is 6.92 Å². The SMILES string of the molecule is CCc1nc(C(=O)NC(C(=O)OC)c2ccc(Cl)c(F)c2)co1. The van der Waals surface area contributed by atoms with E-state index >= 15 is 0 Å². The van der Waals surface area contributed by atoms with E-state index in [0.29, 0.717) is 12.3 Å². The van der Waals surface area contributed by atoms with E-state index in [4.69, 9.17) is 16.0 Å². The van der Waals surface area contributed by atoms with Gasteiger partial charge < -0.3 is 14.5 Å². The Morgan fingerprint density at radius 3 is 2.78 bits per heavy atom. The van der Waals surface area contributed by atoms with Gasteiger partial charge in [0.25, 0.3) is 5.91 Å². The van der Waals surface area contributed by atoms with Gasteiger partial charge in [0, 0.05) is 6.42 Å². The van der Waals surface area contributed by atoms with Crippen molar-refractivity contribution >= 4 is 23.5 Å². The molecule has 0 fully saturated rings. The van der Waals surface area contributed by atoms with E-state index in [1.54, 1.807) is 0 Å². The smallest absolute Gasteiger partial charge is 0.333 e. The summed E-state index contributed by atoms with van der Waals surface area (Å²) >= 11 is 5.62. The molecule has 2 rings (SSSR count). The molecule has 1 amide bonds. The Labute approximate surface area is 136 Å². The molecule has 6 nitrogen and oxygen atoms in total. The molecule has 1 N–H and O–H groups in total. The van der Waals surface area contributed by atoms with Crippen LogP contribution in [0, 0.1) is 5.82 Å². The highest BCUT2D eigenvalue weighted by Crippen LogP contribution is 2.21. The number of aryl methyl sites for hydroxylation is 1. The molecule has 1 aromatic carbocycles. The molecule has 0 radical (unpaired) electrons. The monoisotopic (exact) mass is 340 g/mol. The number of methoxy groups -OCH3 is 1. The minimum atomic E-state index is -1.19. The molecule has 0 spiro atoms.